The molecule has 18 heavy (non-hydrogen) atoms. The fraction of sp³-hybridized carbons (Fsp3) is 1.00. The Balaban J connectivity index is 1.77. The summed E-state index contributed by atoms with van der Waals surface area (Å²) in [6.45, 7) is 10.0. The maximum atomic E-state index is 3.74. The lowest BCUT2D eigenvalue weighted by molar-refractivity contribution is 0.145. The molecule has 0 bridgehead atoms. The van der Waals surface area contributed by atoms with Gasteiger partial charge in [0.1, 0.15) is 0 Å². The van der Waals surface area contributed by atoms with Crippen LogP contribution in [0.25, 0.3) is 0 Å². The predicted octanol–water partition coefficient (Wildman–Crippen LogP) is 3.42. The second kappa shape index (κ2) is 6.91. The molecule has 106 valence electrons. The molecule has 1 aliphatic carbocycles. The first-order valence-corrected chi connectivity index (χ1v) is 8.18. The van der Waals surface area contributed by atoms with E-state index in [9.17, 15) is 0 Å². The van der Waals surface area contributed by atoms with Gasteiger partial charge < -0.3 is 10.2 Å². The second-order valence-corrected chi connectivity index (χ2v) is 6.86. The standard InChI is InChI=1S/C16H32N2/c1-3-16(2,13-17-15-9-10-15)14-18-11-7-5-4-6-8-12-18/h15,17H,3-14H2,1-2H3. The van der Waals surface area contributed by atoms with E-state index in [0.717, 1.165) is 6.04 Å². The van der Waals surface area contributed by atoms with E-state index in [2.05, 4.69) is 24.1 Å². The molecule has 1 saturated heterocycles. The quantitative estimate of drug-likeness (QED) is 0.779. The normalized spacial score (nSPS) is 26.3. The van der Waals surface area contributed by atoms with Gasteiger partial charge in [0.2, 0.25) is 0 Å². The highest BCUT2D eigenvalue weighted by Crippen LogP contribution is 2.26. The number of rotatable bonds is 6. The smallest absolute Gasteiger partial charge is 0.00684 e. The Bertz CT molecular complexity index is 229. The van der Waals surface area contributed by atoms with Crippen LogP contribution in [0.4, 0.5) is 0 Å². The first-order chi connectivity index (χ1) is 8.72. The summed E-state index contributed by atoms with van der Waals surface area (Å²) in [5, 5.41) is 3.74. The van der Waals surface area contributed by atoms with Crippen LogP contribution in [-0.2, 0) is 0 Å². The van der Waals surface area contributed by atoms with Crippen molar-refractivity contribution in [1.82, 2.24) is 10.2 Å². The van der Waals surface area contributed by atoms with Gasteiger partial charge in [0.25, 0.3) is 0 Å². The van der Waals surface area contributed by atoms with Gasteiger partial charge >= 0.3 is 0 Å². The summed E-state index contributed by atoms with van der Waals surface area (Å²) >= 11 is 0. The van der Waals surface area contributed by atoms with Crippen molar-refractivity contribution < 1.29 is 0 Å². The second-order valence-electron chi connectivity index (χ2n) is 6.86. The van der Waals surface area contributed by atoms with Crippen molar-refractivity contribution in [2.75, 3.05) is 26.2 Å². The summed E-state index contributed by atoms with van der Waals surface area (Å²) in [5.74, 6) is 0. The Kier molecular flexibility index (Phi) is 5.50. The van der Waals surface area contributed by atoms with Crippen molar-refractivity contribution in [3.8, 4) is 0 Å². The van der Waals surface area contributed by atoms with Crippen LogP contribution in [0.5, 0.6) is 0 Å². The van der Waals surface area contributed by atoms with Gasteiger partial charge in [-0.1, -0.05) is 33.1 Å². The zero-order valence-electron chi connectivity index (χ0n) is 12.5. The van der Waals surface area contributed by atoms with Gasteiger partial charge in [-0.2, -0.15) is 0 Å². The van der Waals surface area contributed by atoms with Crippen LogP contribution < -0.4 is 5.32 Å². The molecule has 1 saturated carbocycles. The van der Waals surface area contributed by atoms with Crippen LogP contribution in [0.3, 0.4) is 0 Å². The summed E-state index contributed by atoms with van der Waals surface area (Å²) in [7, 11) is 0. The highest BCUT2D eigenvalue weighted by atomic mass is 15.1. The van der Waals surface area contributed by atoms with E-state index in [4.69, 9.17) is 0 Å². The third-order valence-corrected chi connectivity index (χ3v) is 4.80. The van der Waals surface area contributed by atoms with Gasteiger partial charge in [-0.25, -0.2) is 0 Å². The Labute approximate surface area is 114 Å². The maximum Gasteiger partial charge on any atom is 0.00684 e. The van der Waals surface area contributed by atoms with Crippen LogP contribution in [-0.4, -0.2) is 37.1 Å². The van der Waals surface area contributed by atoms with Crippen molar-refractivity contribution in [2.24, 2.45) is 5.41 Å². The molecule has 0 spiro atoms. The molecule has 2 rings (SSSR count). The van der Waals surface area contributed by atoms with Crippen LogP contribution in [0.2, 0.25) is 0 Å². The van der Waals surface area contributed by atoms with Gasteiger partial charge in [-0.05, 0) is 50.6 Å². The Morgan fingerprint density at radius 2 is 1.67 bits per heavy atom. The van der Waals surface area contributed by atoms with E-state index < -0.39 is 0 Å². The van der Waals surface area contributed by atoms with E-state index in [1.807, 2.05) is 0 Å². The summed E-state index contributed by atoms with van der Waals surface area (Å²) < 4.78 is 0. The third kappa shape index (κ3) is 4.89. The molecule has 2 fully saturated rings. The zero-order chi connectivity index (χ0) is 12.8. The van der Waals surface area contributed by atoms with Gasteiger partial charge in [0.05, 0.1) is 0 Å². The molecule has 0 amide bonds. The average Bonchev–Trinajstić information content (AvgIpc) is 3.14. The molecule has 0 aromatic rings. The van der Waals surface area contributed by atoms with Crippen molar-refractivity contribution in [3.63, 3.8) is 0 Å². The number of hydrogen-bond donors (Lipinski definition) is 1. The van der Waals surface area contributed by atoms with E-state index in [-0.39, 0.29) is 0 Å². The molecule has 0 aromatic carbocycles. The molecular weight excluding hydrogens is 220 g/mol. The molecule has 2 nitrogen and oxygen atoms in total. The van der Waals surface area contributed by atoms with Crippen molar-refractivity contribution in [2.45, 2.75) is 71.3 Å². The molecular formula is C16H32N2. The minimum atomic E-state index is 0.474. The first-order valence-electron chi connectivity index (χ1n) is 8.18. The third-order valence-electron chi connectivity index (χ3n) is 4.80. The van der Waals surface area contributed by atoms with Gasteiger partial charge in [-0.3, -0.25) is 0 Å². The minimum Gasteiger partial charge on any atom is -0.313 e. The number of likely N-dealkylation sites (tertiary alicyclic amines) is 1. The van der Waals surface area contributed by atoms with Gasteiger partial charge in [0, 0.05) is 19.1 Å². The largest absolute Gasteiger partial charge is 0.313 e. The lowest BCUT2D eigenvalue weighted by Crippen LogP contribution is -2.43. The Morgan fingerprint density at radius 1 is 1.06 bits per heavy atom. The van der Waals surface area contributed by atoms with E-state index in [1.54, 1.807) is 0 Å². The summed E-state index contributed by atoms with van der Waals surface area (Å²) in [5.41, 5.74) is 0.474. The van der Waals surface area contributed by atoms with Crippen molar-refractivity contribution >= 4 is 0 Å². The SMILES string of the molecule is CCC(C)(CNC1CC1)CN1CCCCCCC1. The number of nitrogens with one attached hydrogen (secondary N) is 1. The number of nitrogens with zero attached hydrogens (tertiary/aromatic N) is 1. The monoisotopic (exact) mass is 252 g/mol. The summed E-state index contributed by atoms with van der Waals surface area (Å²) in [6, 6.07) is 0.850. The van der Waals surface area contributed by atoms with Gasteiger partial charge in [-0.15, -0.1) is 0 Å². The molecule has 1 N–H and O–H groups in total. The van der Waals surface area contributed by atoms with E-state index in [0.29, 0.717) is 5.41 Å². The number of hydrogen-bond acceptors (Lipinski definition) is 2. The molecule has 0 aromatic heterocycles. The molecule has 1 aliphatic heterocycles. The fourth-order valence-corrected chi connectivity index (χ4v) is 2.98. The average molecular weight is 252 g/mol. The van der Waals surface area contributed by atoms with E-state index >= 15 is 0 Å². The Hall–Kier alpha value is -0.0800. The molecule has 2 heteroatoms. The van der Waals surface area contributed by atoms with Crippen molar-refractivity contribution in [1.29, 1.82) is 0 Å². The fourth-order valence-electron chi connectivity index (χ4n) is 2.98. The highest BCUT2D eigenvalue weighted by molar-refractivity contribution is 4.87. The molecule has 1 heterocycles. The topological polar surface area (TPSA) is 15.3 Å². The zero-order valence-corrected chi connectivity index (χ0v) is 12.5. The highest BCUT2D eigenvalue weighted by Gasteiger charge is 2.29. The lowest BCUT2D eigenvalue weighted by Gasteiger charge is -2.36. The summed E-state index contributed by atoms with van der Waals surface area (Å²) in [6.07, 6.45) is 11.3. The molecule has 1 unspecified atom stereocenters. The van der Waals surface area contributed by atoms with Crippen LogP contribution in [0, 0.1) is 5.41 Å². The van der Waals surface area contributed by atoms with Gasteiger partial charge in [0.15, 0.2) is 0 Å². The molecule has 1 atom stereocenters. The lowest BCUT2D eigenvalue weighted by atomic mass is 9.86. The van der Waals surface area contributed by atoms with Crippen LogP contribution >= 0.6 is 0 Å². The molecule has 0 radical (unpaired) electrons. The molecule has 2 aliphatic rings. The maximum absolute atomic E-state index is 3.74. The predicted molar refractivity (Wildman–Crippen MR) is 78.9 cm³/mol. The minimum absolute atomic E-state index is 0.474. The van der Waals surface area contributed by atoms with E-state index in [1.165, 1.54) is 77.5 Å². The van der Waals surface area contributed by atoms with Crippen LogP contribution in [0.1, 0.15) is 65.2 Å². The first kappa shape index (κ1) is 14.3. The van der Waals surface area contributed by atoms with Crippen molar-refractivity contribution in [3.05, 3.63) is 0 Å². The summed E-state index contributed by atoms with van der Waals surface area (Å²) in [4.78, 5) is 2.73. The Morgan fingerprint density at radius 3 is 2.22 bits per heavy atom. The van der Waals surface area contributed by atoms with Crippen LogP contribution in [0.15, 0.2) is 0 Å².